The number of hydrogen-bond acceptors (Lipinski definition) is 7. The van der Waals surface area contributed by atoms with E-state index in [4.69, 9.17) is 26.7 Å². The van der Waals surface area contributed by atoms with E-state index in [9.17, 15) is 14.7 Å². The quantitative estimate of drug-likeness (QED) is 0.255. The number of nitrogens with zero attached hydrogens (tertiary/aromatic N) is 3. The van der Waals surface area contributed by atoms with Crippen LogP contribution in [0.4, 0.5) is 0 Å². The topological polar surface area (TPSA) is 133 Å². The molecule has 0 saturated carbocycles. The fourth-order valence-electron chi connectivity index (χ4n) is 2.34. The van der Waals surface area contributed by atoms with Crippen molar-refractivity contribution >= 4 is 28.7 Å². The van der Waals surface area contributed by atoms with Crippen LogP contribution >= 0.6 is 11.6 Å². The molecule has 1 aromatic rings. The van der Waals surface area contributed by atoms with Gasteiger partial charge in [-0.1, -0.05) is 23.2 Å². The van der Waals surface area contributed by atoms with Crippen molar-refractivity contribution in [1.29, 1.82) is 0 Å². The molecule has 1 aromatic heterocycles. The molecule has 3 N–H and O–H groups in total. The lowest BCUT2D eigenvalue weighted by atomic mass is 10.1. The van der Waals surface area contributed by atoms with Gasteiger partial charge >= 0.3 is 11.9 Å². The SMILES string of the molecule is O=C(O)/C=C\C(=O)O.OC(CCON=C(Cl)c1cccnc1)N1CCCCC1. The summed E-state index contributed by atoms with van der Waals surface area (Å²) >= 11 is 5.98. The molecule has 1 fully saturated rings. The third-order valence-corrected chi connectivity index (χ3v) is 3.98. The molecule has 28 heavy (non-hydrogen) atoms. The normalized spacial score (nSPS) is 16.1. The summed E-state index contributed by atoms with van der Waals surface area (Å²) in [5.74, 6) is -2.51. The number of carbonyl (C=O) groups is 2. The fraction of sp³-hybridized carbons (Fsp3) is 0.444. The molecule has 0 radical (unpaired) electrons. The second-order valence-corrected chi connectivity index (χ2v) is 6.19. The van der Waals surface area contributed by atoms with Gasteiger partial charge in [0.15, 0.2) is 5.17 Å². The average molecular weight is 414 g/mol. The van der Waals surface area contributed by atoms with Crippen LogP contribution in [0, 0.1) is 0 Å². The number of rotatable bonds is 8. The second-order valence-electron chi connectivity index (χ2n) is 5.83. The highest BCUT2D eigenvalue weighted by molar-refractivity contribution is 6.69. The van der Waals surface area contributed by atoms with Crippen LogP contribution in [-0.2, 0) is 14.4 Å². The van der Waals surface area contributed by atoms with Gasteiger partial charge in [0.2, 0.25) is 0 Å². The van der Waals surface area contributed by atoms with E-state index in [1.54, 1.807) is 18.5 Å². The van der Waals surface area contributed by atoms with Gasteiger partial charge in [-0.25, -0.2) is 9.59 Å². The van der Waals surface area contributed by atoms with Gasteiger partial charge in [0.25, 0.3) is 0 Å². The number of piperidine rings is 1. The van der Waals surface area contributed by atoms with E-state index in [1.807, 2.05) is 6.07 Å². The van der Waals surface area contributed by atoms with Gasteiger partial charge in [0, 0.05) is 49.6 Å². The van der Waals surface area contributed by atoms with Gasteiger partial charge in [0.05, 0.1) is 0 Å². The smallest absolute Gasteiger partial charge is 0.328 e. The molecular formula is C18H24ClN3O6. The first-order valence-electron chi connectivity index (χ1n) is 8.72. The van der Waals surface area contributed by atoms with E-state index >= 15 is 0 Å². The number of aliphatic hydroxyl groups excluding tert-OH is 1. The van der Waals surface area contributed by atoms with Crippen molar-refractivity contribution < 1.29 is 29.7 Å². The number of halogens is 1. The number of oxime groups is 1. The Kier molecular flexibility index (Phi) is 11.5. The monoisotopic (exact) mass is 413 g/mol. The van der Waals surface area contributed by atoms with E-state index in [1.165, 1.54) is 6.42 Å². The van der Waals surface area contributed by atoms with Crippen LogP contribution in [0.1, 0.15) is 31.2 Å². The zero-order valence-corrected chi connectivity index (χ0v) is 16.0. The molecule has 0 aromatic carbocycles. The molecule has 2 rings (SSSR count). The summed E-state index contributed by atoms with van der Waals surface area (Å²) in [4.78, 5) is 30.3. The minimum absolute atomic E-state index is 0.269. The van der Waals surface area contributed by atoms with Gasteiger partial charge in [-0.05, 0) is 25.0 Å². The summed E-state index contributed by atoms with van der Waals surface area (Å²) < 4.78 is 0. The van der Waals surface area contributed by atoms with Crippen LogP contribution < -0.4 is 0 Å². The predicted molar refractivity (Wildman–Crippen MR) is 103 cm³/mol. The number of pyridine rings is 1. The largest absolute Gasteiger partial charge is 0.478 e. The number of hydrogen-bond donors (Lipinski definition) is 3. The van der Waals surface area contributed by atoms with E-state index in [-0.39, 0.29) is 5.17 Å². The van der Waals surface area contributed by atoms with Crippen molar-refractivity contribution in [3.8, 4) is 0 Å². The Bertz CT molecular complexity index is 647. The van der Waals surface area contributed by atoms with Crippen LogP contribution in [0.15, 0.2) is 41.8 Å². The molecule has 1 saturated heterocycles. The summed E-state index contributed by atoms with van der Waals surface area (Å²) in [7, 11) is 0. The zero-order chi connectivity index (χ0) is 20.8. The van der Waals surface area contributed by atoms with Crippen LogP contribution in [0.2, 0.25) is 0 Å². The lowest BCUT2D eigenvalue weighted by Gasteiger charge is -2.30. The summed E-state index contributed by atoms with van der Waals surface area (Å²) in [5, 5.41) is 29.7. The van der Waals surface area contributed by atoms with Crippen molar-refractivity contribution in [3.63, 3.8) is 0 Å². The van der Waals surface area contributed by atoms with Crippen LogP contribution in [0.5, 0.6) is 0 Å². The minimum Gasteiger partial charge on any atom is -0.478 e. The lowest BCUT2D eigenvalue weighted by Crippen LogP contribution is -2.39. The Hall–Kier alpha value is -2.49. The predicted octanol–water partition coefficient (Wildman–Crippen LogP) is 1.90. The van der Waals surface area contributed by atoms with Gasteiger partial charge in [0.1, 0.15) is 12.8 Å². The Morgan fingerprint density at radius 2 is 1.89 bits per heavy atom. The fourth-order valence-corrected chi connectivity index (χ4v) is 2.50. The first-order valence-corrected chi connectivity index (χ1v) is 9.10. The summed E-state index contributed by atoms with van der Waals surface area (Å²) in [5.41, 5.74) is 0.714. The van der Waals surface area contributed by atoms with Crippen molar-refractivity contribution in [2.75, 3.05) is 19.7 Å². The van der Waals surface area contributed by atoms with Crippen molar-refractivity contribution in [2.45, 2.75) is 31.9 Å². The molecule has 1 atom stereocenters. The molecule has 0 spiro atoms. The van der Waals surface area contributed by atoms with Crippen LogP contribution in [0.3, 0.4) is 0 Å². The van der Waals surface area contributed by atoms with Crippen LogP contribution in [0.25, 0.3) is 0 Å². The molecule has 1 aliphatic heterocycles. The van der Waals surface area contributed by atoms with Crippen molar-refractivity contribution in [1.82, 2.24) is 9.88 Å². The summed E-state index contributed by atoms with van der Waals surface area (Å²) in [6.45, 7) is 2.26. The molecule has 154 valence electrons. The third kappa shape index (κ3) is 10.6. The number of aliphatic hydroxyl groups is 1. The van der Waals surface area contributed by atoms with Gasteiger partial charge in [-0.15, -0.1) is 0 Å². The average Bonchev–Trinajstić information content (AvgIpc) is 2.71. The zero-order valence-electron chi connectivity index (χ0n) is 15.3. The summed E-state index contributed by atoms with van der Waals surface area (Å²) in [6, 6.07) is 3.60. The Labute approximate surface area is 167 Å². The highest BCUT2D eigenvalue weighted by Gasteiger charge is 2.17. The molecule has 1 unspecified atom stereocenters. The highest BCUT2D eigenvalue weighted by atomic mass is 35.5. The van der Waals surface area contributed by atoms with Gasteiger partial charge < -0.3 is 20.2 Å². The lowest BCUT2D eigenvalue weighted by molar-refractivity contribution is -0.134. The van der Waals surface area contributed by atoms with Crippen molar-refractivity contribution in [3.05, 3.63) is 42.2 Å². The van der Waals surface area contributed by atoms with Gasteiger partial charge in [-0.2, -0.15) is 0 Å². The van der Waals surface area contributed by atoms with Crippen molar-refractivity contribution in [2.24, 2.45) is 5.16 Å². The number of aromatic nitrogens is 1. The van der Waals surface area contributed by atoms with E-state index < -0.39 is 18.2 Å². The number of likely N-dealkylation sites (tertiary alicyclic amines) is 1. The Morgan fingerprint density at radius 1 is 1.25 bits per heavy atom. The molecule has 2 heterocycles. The maximum atomic E-state index is 10.0. The van der Waals surface area contributed by atoms with E-state index in [0.29, 0.717) is 30.7 Å². The first-order chi connectivity index (χ1) is 13.4. The maximum absolute atomic E-state index is 10.0. The number of aliphatic carboxylic acids is 2. The molecule has 9 nitrogen and oxygen atoms in total. The molecule has 0 bridgehead atoms. The number of carboxylic acids is 2. The first kappa shape index (κ1) is 23.5. The second kappa shape index (κ2) is 13.6. The number of carboxylic acid groups (broad SMARTS) is 2. The Balaban J connectivity index is 0.000000416. The standard InChI is InChI=1S/C14H20ClN3O2.C4H4O4/c15-14(12-5-4-7-16-11-12)17-20-10-6-13(19)18-8-2-1-3-9-18;5-3(6)1-2-4(7)8/h4-5,7,11,13,19H,1-3,6,8-10H2;1-2H,(H,5,6)(H,7,8)/b;2-1-. The van der Waals surface area contributed by atoms with E-state index in [2.05, 4.69) is 15.0 Å². The van der Waals surface area contributed by atoms with E-state index in [0.717, 1.165) is 25.9 Å². The Morgan fingerprint density at radius 3 is 2.43 bits per heavy atom. The maximum Gasteiger partial charge on any atom is 0.328 e. The molecule has 1 aliphatic rings. The summed E-state index contributed by atoms with van der Waals surface area (Å²) in [6.07, 6.45) is 8.05. The molecule has 0 amide bonds. The van der Waals surface area contributed by atoms with Gasteiger partial charge in [-0.3, -0.25) is 9.88 Å². The molecular weight excluding hydrogens is 390 g/mol. The molecule has 10 heteroatoms. The van der Waals surface area contributed by atoms with Crippen LogP contribution in [-0.4, -0.2) is 68.2 Å². The molecule has 0 aliphatic carbocycles. The highest BCUT2D eigenvalue weighted by Crippen LogP contribution is 2.12. The minimum atomic E-state index is -1.26. The third-order valence-electron chi connectivity index (χ3n) is 3.69.